The summed E-state index contributed by atoms with van der Waals surface area (Å²) in [7, 11) is 0. The Morgan fingerprint density at radius 3 is 2.50 bits per heavy atom. The molecule has 1 aromatic carbocycles. The van der Waals surface area contributed by atoms with Crippen LogP contribution in [0.1, 0.15) is 24.2 Å². The minimum atomic E-state index is -0.912. The van der Waals surface area contributed by atoms with Crippen LogP contribution in [0.3, 0.4) is 0 Å². The molecule has 18 heavy (non-hydrogen) atoms. The molecule has 2 atom stereocenters. The Bertz CT molecular complexity index is 476. The second-order valence-corrected chi connectivity index (χ2v) is 4.55. The van der Waals surface area contributed by atoms with Crippen molar-refractivity contribution in [2.45, 2.75) is 19.9 Å². The summed E-state index contributed by atoms with van der Waals surface area (Å²) >= 11 is 5.78. The number of rotatable bonds is 5. The van der Waals surface area contributed by atoms with E-state index in [1.54, 1.807) is 26.0 Å². The van der Waals surface area contributed by atoms with Gasteiger partial charge in [-0.3, -0.25) is 9.59 Å². The zero-order valence-corrected chi connectivity index (χ0v) is 10.9. The Morgan fingerprint density at radius 2 is 2.00 bits per heavy atom. The first-order valence-corrected chi connectivity index (χ1v) is 5.79. The second kappa shape index (κ2) is 5.73. The lowest BCUT2D eigenvalue weighted by Crippen LogP contribution is -2.30. The predicted molar refractivity (Wildman–Crippen MR) is 69.9 cm³/mol. The van der Waals surface area contributed by atoms with Crippen LogP contribution in [0.4, 0.5) is 5.69 Å². The standard InChI is InChI=1S/C12H15ClN2O3/c1-6(12(17)18)7(2)15-10-4-3-8(13)5-9(10)11(14)16/h3-7,15H,1-2H3,(H2,14,16)(H,17,18). The van der Waals surface area contributed by atoms with Crippen molar-refractivity contribution in [1.82, 2.24) is 0 Å². The van der Waals surface area contributed by atoms with E-state index < -0.39 is 17.8 Å². The van der Waals surface area contributed by atoms with Crippen LogP contribution in [0.5, 0.6) is 0 Å². The van der Waals surface area contributed by atoms with E-state index in [9.17, 15) is 9.59 Å². The number of carboxylic acids is 1. The van der Waals surface area contributed by atoms with Crippen molar-refractivity contribution in [3.8, 4) is 0 Å². The third-order valence-electron chi connectivity index (χ3n) is 2.77. The third kappa shape index (κ3) is 3.37. The number of carboxylic acid groups (broad SMARTS) is 1. The van der Waals surface area contributed by atoms with Crippen LogP contribution < -0.4 is 11.1 Å². The summed E-state index contributed by atoms with van der Waals surface area (Å²) < 4.78 is 0. The van der Waals surface area contributed by atoms with Gasteiger partial charge in [0, 0.05) is 16.8 Å². The van der Waals surface area contributed by atoms with Gasteiger partial charge >= 0.3 is 5.97 Å². The summed E-state index contributed by atoms with van der Waals surface area (Å²) in [5.74, 6) is -2.12. The molecule has 0 fully saturated rings. The van der Waals surface area contributed by atoms with Gasteiger partial charge in [-0.05, 0) is 32.0 Å². The topological polar surface area (TPSA) is 92.4 Å². The number of hydrogen-bond donors (Lipinski definition) is 3. The number of nitrogens with one attached hydrogen (secondary N) is 1. The van der Waals surface area contributed by atoms with Gasteiger partial charge in [-0.25, -0.2) is 0 Å². The Kier molecular flexibility index (Phi) is 4.55. The molecule has 98 valence electrons. The lowest BCUT2D eigenvalue weighted by Gasteiger charge is -2.20. The van der Waals surface area contributed by atoms with Gasteiger partial charge in [-0.2, -0.15) is 0 Å². The highest BCUT2D eigenvalue weighted by Gasteiger charge is 2.20. The quantitative estimate of drug-likeness (QED) is 0.762. The summed E-state index contributed by atoms with van der Waals surface area (Å²) in [5.41, 5.74) is 5.96. The maximum Gasteiger partial charge on any atom is 0.308 e. The Labute approximate surface area is 110 Å². The number of primary amides is 1. The maximum absolute atomic E-state index is 11.3. The lowest BCUT2D eigenvalue weighted by molar-refractivity contribution is -0.141. The Morgan fingerprint density at radius 1 is 1.39 bits per heavy atom. The van der Waals surface area contributed by atoms with E-state index in [0.717, 1.165) is 0 Å². The minimum Gasteiger partial charge on any atom is -0.481 e. The van der Waals surface area contributed by atoms with Crippen LogP contribution in [0, 0.1) is 5.92 Å². The molecule has 5 nitrogen and oxygen atoms in total. The smallest absolute Gasteiger partial charge is 0.308 e. The predicted octanol–water partition coefficient (Wildman–Crippen LogP) is 1.96. The fourth-order valence-corrected chi connectivity index (χ4v) is 1.60. The van der Waals surface area contributed by atoms with Crippen molar-refractivity contribution in [1.29, 1.82) is 0 Å². The average molecular weight is 271 g/mol. The molecular weight excluding hydrogens is 256 g/mol. The molecule has 6 heteroatoms. The average Bonchev–Trinajstić information content (AvgIpc) is 2.29. The molecule has 0 aliphatic heterocycles. The van der Waals surface area contributed by atoms with Crippen molar-refractivity contribution in [3.63, 3.8) is 0 Å². The monoisotopic (exact) mass is 270 g/mol. The van der Waals surface area contributed by atoms with E-state index in [-0.39, 0.29) is 11.6 Å². The molecule has 0 saturated carbocycles. The molecule has 0 saturated heterocycles. The highest BCUT2D eigenvalue weighted by atomic mass is 35.5. The highest BCUT2D eigenvalue weighted by Crippen LogP contribution is 2.22. The van der Waals surface area contributed by atoms with E-state index in [1.807, 2.05) is 0 Å². The van der Waals surface area contributed by atoms with Crippen LogP contribution in [-0.2, 0) is 4.79 Å². The SMILES string of the molecule is CC(Nc1ccc(Cl)cc1C(N)=O)C(C)C(=O)O. The fourth-order valence-electron chi connectivity index (χ4n) is 1.43. The fraction of sp³-hybridized carbons (Fsp3) is 0.333. The van der Waals surface area contributed by atoms with Crippen molar-refractivity contribution in [2.24, 2.45) is 11.7 Å². The molecule has 0 spiro atoms. The Hall–Kier alpha value is -1.75. The lowest BCUT2D eigenvalue weighted by atomic mass is 10.0. The zero-order chi connectivity index (χ0) is 13.9. The van der Waals surface area contributed by atoms with E-state index in [0.29, 0.717) is 10.7 Å². The van der Waals surface area contributed by atoms with Crippen molar-refractivity contribution in [2.75, 3.05) is 5.32 Å². The van der Waals surface area contributed by atoms with Crippen LogP contribution in [0.15, 0.2) is 18.2 Å². The van der Waals surface area contributed by atoms with E-state index in [4.69, 9.17) is 22.4 Å². The van der Waals surface area contributed by atoms with Gasteiger partial charge in [0.25, 0.3) is 5.91 Å². The molecule has 1 aromatic rings. The van der Waals surface area contributed by atoms with Gasteiger partial charge in [0.15, 0.2) is 0 Å². The number of aliphatic carboxylic acids is 1. The molecule has 1 amide bonds. The first kappa shape index (κ1) is 14.3. The molecule has 0 heterocycles. The minimum absolute atomic E-state index is 0.243. The van der Waals surface area contributed by atoms with Gasteiger partial charge in [-0.15, -0.1) is 0 Å². The third-order valence-corrected chi connectivity index (χ3v) is 3.00. The van der Waals surface area contributed by atoms with Gasteiger partial charge in [0.05, 0.1) is 11.5 Å². The van der Waals surface area contributed by atoms with Gasteiger partial charge in [0.1, 0.15) is 0 Å². The number of amides is 1. The maximum atomic E-state index is 11.3. The van der Waals surface area contributed by atoms with Crippen LogP contribution in [0.25, 0.3) is 0 Å². The van der Waals surface area contributed by atoms with Crippen molar-refractivity contribution < 1.29 is 14.7 Å². The highest BCUT2D eigenvalue weighted by molar-refractivity contribution is 6.31. The molecule has 2 unspecified atom stereocenters. The number of nitrogens with two attached hydrogens (primary N) is 1. The van der Waals surface area contributed by atoms with E-state index in [2.05, 4.69) is 5.32 Å². The van der Waals surface area contributed by atoms with E-state index in [1.165, 1.54) is 6.07 Å². The zero-order valence-electron chi connectivity index (χ0n) is 10.1. The summed E-state index contributed by atoms with van der Waals surface area (Å²) in [4.78, 5) is 22.1. The van der Waals surface area contributed by atoms with Crippen LogP contribution in [-0.4, -0.2) is 23.0 Å². The number of anilines is 1. The van der Waals surface area contributed by atoms with E-state index >= 15 is 0 Å². The molecule has 0 aromatic heterocycles. The molecule has 1 rings (SSSR count). The molecule has 4 N–H and O–H groups in total. The largest absolute Gasteiger partial charge is 0.481 e. The summed E-state index contributed by atoms with van der Waals surface area (Å²) in [6.07, 6.45) is 0. The van der Waals surface area contributed by atoms with Crippen molar-refractivity contribution >= 4 is 29.2 Å². The van der Waals surface area contributed by atoms with Crippen LogP contribution >= 0.6 is 11.6 Å². The summed E-state index contributed by atoms with van der Waals surface area (Å²) in [6.45, 7) is 3.30. The van der Waals surface area contributed by atoms with Gasteiger partial charge < -0.3 is 16.2 Å². The summed E-state index contributed by atoms with van der Waals surface area (Å²) in [6, 6.07) is 4.31. The number of benzene rings is 1. The Balaban J connectivity index is 2.97. The van der Waals surface area contributed by atoms with Gasteiger partial charge in [0.2, 0.25) is 0 Å². The van der Waals surface area contributed by atoms with Crippen LogP contribution in [0.2, 0.25) is 5.02 Å². The van der Waals surface area contributed by atoms with Gasteiger partial charge in [-0.1, -0.05) is 11.6 Å². The van der Waals surface area contributed by atoms with Crippen molar-refractivity contribution in [3.05, 3.63) is 28.8 Å². The normalized spacial score (nSPS) is 13.7. The second-order valence-electron chi connectivity index (χ2n) is 4.11. The molecule has 0 bridgehead atoms. The summed E-state index contributed by atoms with van der Waals surface area (Å²) in [5, 5.41) is 12.3. The molecular formula is C12H15ClN2O3. The number of carbonyl (C=O) groups is 2. The number of halogens is 1. The molecule has 0 aliphatic carbocycles. The number of hydrogen-bond acceptors (Lipinski definition) is 3. The first-order chi connectivity index (χ1) is 8.32. The first-order valence-electron chi connectivity index (χ1n) is 5.41. The number of carbonyl (C=O) groups excluding carboxylic acids is 1. The molecule has 0 radical (unpaired) electrons. The molecule has 0 aliphatic rings.